The topological polar surface area (TPSA) is 386 Å². The van der Waals surface area contributed by atoms with Crippen LogP contribution >= 0.6 is 21.6 Å². The molecule has 302 valence electrons. The van der Waals surface area contributed by atoms with Gasteiger partial charge in [-0.15, -0.1) is 0 Å². The van der Waals surface area contributed by atoms with Crippen molar-refractivity contribution in [3.63, 3.8) is 0 Å². The molecule has 0 unspecified atom stereocenters. The van der Waals surface area contributed by atoms with E-state index in [-0.39, 0.29) is 43.3 Å². The molecule has 25 heteroatoms. The maximum absolute atomic E-state index is 13.3. The van der Waals surface area contributed by atoms with Crippen LogP contribution in [-0.4, -0.2) is 137 Å². The highest BCUT2D eigenvalue weighted by molar-refractivity contribution is 8.76. The maximum Gasteiger partial charge on any atom is 0.305 e. The minimum atomic E-state index is -1.89. The van der Waals surface area contributed by atoms with E-state index in [2.05, 4.69) is 42.2 Å². The Labute approximate surface area is 317 Å². The number of carboxylic acid groups (broad SMARTS) is 2. The highest BCUT2D eigenvalue weighted by Gasteiger charge is 2.34. The summed E-state index contributed by atoms with van der Waals surface area (Å²) in [6.45, 7) is 1.78. The molecule has 0 aromatic heterocycles. The molecule has 1 aliphatic rings. The van der Waals surface area contributed by atoms with Crippen molar-refractivity contribution in [1.29, 1.82) is 0 Å². The van der Waals surface area contributed by atoms with E-state index >= 15 is 0 Å². The van der Waals surface area contributed by atoms with Crippen LogP contribution in [0.1, 0.15) is 46.0 Å². The Morgan fingerprint density at radius 2 is 1.28 bits per heavy atom. The molecule has 1 heterocycles. The Morgan fingerprint density at radius 1 is 0.722 bits per heavy atom. The number of rotatable bonds is 10. The predicted octanol–water partition coefficient (Wildman–Crippen LogP) is -5.43. The van der Waals surface area contributed by atoms with Crippen LogP contribution in [0, 0.1) is 5.92 Å². The molecule has 0 radical (unpaired) electrons. The highest BCUT2D eigenvalue weighted by Crippen LogP contribution is 2.23. The van der Waals surface area contributed by atoms with E-state index < -0.39 is 121 Å². The van der Waals surface area contributed by atoms with E-state index in [9.17, 15) is 58.2 Å². The third kappa shape index (κ3) is 19.0. The van der Waals surface area contributed by atoms with E-state index in [0.717, 1.165) is 21.6 Å². The summed E-state index contributed by atoms with van der Waals surface area (Å²) in [5, 5.41) is 34.8. The number of primary amides is 1. The van der Waals surface area contributed by atoms with E-state index in [1.54, 1.807) is 0 Å². The average Bonchev–Trinajstić information content (AvgIpc) is 3.07. The van der Waals surface area contributed by atoms with Crippen molar-refractivity contribution in [1.82, 2.24) is 37.2 Å². The predicted molar refractivity (Wildman–Crippen MR) is 194 cm³/mol. The molecule has 5 atom stereocenters. The van der Waals surface area contributed by atoms with E-state index in [4.69, 9.17) is 17.2 Å². The summed E-state index contributed by atoms with van der Waals surface area (Å²) in [6, 6.07) is -7.65. The Morgan fingerprint density at radius 3 is 1.83 bits per heavy atom. The Kier molecular flexibility index (Phi) is 20.8. The molecule has 1 fully saturated rings. The van der Waals surface area contributed by atoms with Gasteiger partial charge in [0.05, 0.1) is 25.9 Å². The van der Waals surface area contributed by atoms with Gasteiger partial charge in [0.1, 0.15) is 30.2 Å². The van der Waals surface area contributed by atoms with Crippen molar-refractivity contribution >= 4 is 86.7 Å². The van der Waals surface area contributed by atoms with Crippen molar-refractivity contribution < 1.29 is 58.2 Å². The number of hydrogen-bond donors (Lipinski definition) is 12. The molecule has 54 heavy (non-hydrogen) atoms. The average molecular weight is 806 g/mol. The summed E-state index contributed by atoms with van der Waals surface area (Å²) in [6.07, 6.45) is -1.97. The molecule has 0 saturated carbocycles. The fraction of sp³-hybridized carbons (Fsp3) is 0.621. The van der Waals surface area contributed by atoms with Crippen LogP contribution < -0.4 is 54.4 Å². The van der Waals surface area contributed by atoms with E-state index in [1.165, 1.54) is 13.8 Å². The minimum Gasteiger partial charge on any atom is -0.481 e. The van der Waals surface area contributed by atoms with Gasteiger partial charge in [-0.2, -0.15) is 0 Å². The number of nitrogens with zero attached hydrogens (tertiary/aromatic N) is 1. The number of amides is 8. The van der Waals surface area contributed by atoms with Crippen LogP contribution in [0.15, 0.2) is 4.99 Å². The number of carboxylic acids is 2. The Bertz CT molecular complexity index is 1440. The first-order valence-electron chi connectivity index (χ1n) is 16.4. The fourth-order valence-corrected chi connectivity index (χ4v) is 6.58. The molecular weight excluding hydrogens is 759 g/mol. The number of aliphatic carboxylic acids is 2. The maximum atomic E-state index is 13.3. The zero-order valence-electron chi connectivity index (χ0n) is 29.5. The second-order valence-electron chi connectivity index (χ2n) is 12.0. The van der Waals surface area contributed by atoms with Gasteiger partial charge in [0, 0.05) is 24.5 Å². The lowest BCUT2D eigenvalue weighted by Gasteiger charge is -2.27. The molecule has 1 aliphatic heterocycles. The standard InChI is InChI=1S/C29H47N11O12S2/c1-13(2)23-28(52)39-17(24(30)48)12-54-53-7-5-18(41)34-10-19(42)36-14(4-3-6-33-29(31)32)25(49)35-11-20(43)37-15(8-21(44)45)26(50)38-16(9-22(46)47)27(51)40-23/h13-17,23H,3-12H2,1-2H3,(H2,30,48)(H,34,41)(H,35,49)(H,36,42)(H,37,43)(H,38,50)(H,39,52)(H,40,51)(H,44,45)(H,46,47)(H4,31,32,33)/t14-,15-,16+,17+,23+/m0/s1. The summed E-state index contributed by atoms with van der Waals surface area (Å²) in [5.74, 6) is -11.4. The fourth-order valence-electron chi connectivity index (χ4n) is 4.42. The van der Waals surface area contributed by atoms with Crippen LogP contribution in [0.2, 0.25) is 0 Å². The monoisotopic (exact) mass is 805 g/mol. The first kappa shape index (κ1) is 46.7. The van der Waals surface area contributed by atoms with Gasteiger partial charge in [-0.05, 0) is 18.8 Å². The number of nitrogens with two attached hydrogens (primary N) is 3. The second-order valence-corrected chi connectivity index (χ2v) is 14.6. The summed E-state index contributed by atoms with van der Waals surface area (Å²) in [7, 11) is 2.25. The molecule has 23 nitrogen and oxygen atoms in total. The van der Waals surface area contributed by atoms with Crippen LogP contribution in [-0.2, 0) is 47.9 Å². The zero-order chi connectivity index (χ0) is 41.0. The molecule has 0 bridgehead atoms. The van der Waals surface area contributed by atoms with Crippen molar-refractivity contribution in [2.24, 2.45) is 28.1 Å². The molecular formula is C29H47N11O12S2. The highest BCUT2D eigenvalue weighted by atomic mass is 33.1. The summed E-state index contributed by atoms with van der Waals surface area (Å²) in [4.78, 5) is 130. The lowest BCUT2D eigenvalue weighted by atomic mass is 10.0. The van der Waals surface area contributed by atoms with Gasteiger partial charge in [-0.1, -0.05) is 35.4 Å². The zero-order valence-corrected chi connectivity index (χ0v) is 31.1. The number of nitrogens with one attached hydrogen (secondary N) is 7. The van der Waals surface area contributed by atoms with Crippen molar-refractivity contribution in [2.75, 3.05) is 31.1 Å². The Balaban J connectivity index is 3.40. The van der Waals surface area contributed by atoms with Gasteiger partial charge in [0.25, 0.3) is 0 Å². The summed E-state index contributed by atoms with van der Waals surface area (Å²) >= 11 is 0. The Hall–Kier alpha value is -5.33. The third-order valence-corrected chi connectivity index (χ3v) is 9.56. The molecule has 1 saturated heterocycles. The van der Waals surface area contributed by atoms with Crippen LogP contribution in [0.4, 0.5) is 0 Å². The van der Waals surface area contributed by atoms with Gasteiger partial charge in [-0.3, -0.25) is 52.9 Å². The number of hydrogen-bond acceptors (Lipinski definition) is 13. The number of carbonyl (C=O) groups excluding carboxylic acids is 8. The largest absolute Gasteiger partial charge is 0.481 e. The lowest BCUT2D eigenvalue weighted by molar-refractivity contribution is -0.143. The number of guanidine groups is 1. The van der Waals surface area contributed by atoms with Gasteiger partial charge in [0.15, 0.2) is 5.96 Å². The van der Waals surface area contributed by atoms with Crippen LogP contribution in [0.3, 0.4) is 0 Å². The molecule has 8 amide bonds. The quantitative estimate of drug-likeness (QED) is 0.0424. The normalized spacial score (nSPS) is 23.6. The van der Waals surface area contributed by atoms with Crippen molar-refractivity contribution in [3.05, 3.63) is 0 Å². The minimum absolute atomic E-state index is 0.0285. The SMILES string of the molecule is CC(C)[C@H]1NC(=O)[C@@H](CC(=O)O)NC(=O)[C@H](CC(=O)O)NC(=O)CNC(=O)[C@H](CCCN=C(N)N)NC(=O)CNC(=O)CCSSC[C@H](C(N)=O)NC1=O. The van der Waals surface area contributed by atoms with Crippen LogP contribution in [0.25, 0.3) is 0 Å². The van der Waals surface area contributed by atoms with Gasteiger partial charge in [-0.25, -0.2) is 0 Å². The van der Waals surface area contributed by atoms with Gasteiger partial charge in [0.2, 0.25) is 47.3 Å². The first-order valence-corrected chi connectivity index (χ1v) is 18.9. The van der Waals surface area contributed by atoms with Crippen molar-refractivity contribution in [2.45, 2.75) is 76.2 Å². The summed E-state index contributed by atoms with van der Waals surface area (Å²) < 4.78 is 0. The molecule has 15 N–H and O–H groups in total. The smallest absolute Gasteiger partial charge is 0.305 e. The molecule has 0 aromatic carbocycles. The van der Waals surface area contributed by atoms with Crippen LogP contribution in [0.5, 0.6) is 0 Å². The van der Waals surface area contributed by atoms with Gasteiger partial charge < -0.3 is 64.6 Å². The van der Waals surface area contributed by atoms with E-state index in [1.807, 2.05) is 0 Å². The first-order chi connectivity index (χ1) is 25.3. The molecule has 0 aromatic rings. The lowest BCUT2D eigenvalue weighted by Crippen LogP contribution is -2.60. The van der Waals surface area contributed by atoms with E-state index in [0.29, 0.717) is 0 Å². The number of aliphatic imine (C=N–C) groups is 1. The molecule has 0 spiro atoms. The molecule has 1 rings (SSSR count). The van der Waals surface area contributed by atoms with Crippen molar-refractivity contribution in [3.8, 4) is 0 Å². The molecule has 0 aliphatic carbocycles. The summed E-state index contributed by atoms with van der Waals surface area (Å²) in [5.41, 5.74) is 16.1. The third-order valence-electron chi connectivity index (χ3n) is 7.15. The second kappa shape index (κ2) is 24.1. The van der Waals surface area contributed by atoms with Gasteiger partial charge >= 0.3 is 11.9 Å². The number of carbonyl (C=O) groups is 10.